The summed E-state index contributed by atoms with van der Waals surface area (Å²) in [5, 5.41) is 2.89. The van der Waals surface area contributed by atoms with Crippen molar-refractivity contribution in [2.45, 2.75) is 19.3 Å². The van der Waals surface area contributed by atoms with Crippen molar-refractivity contribution in [3.63, 3.8) is 0 Å². The Hall–Kier alpha value is -2.04. The molecule has 1 fully saturated rings. The van der Waals surface area contributed by atoms with Gasteiger partial charge in [0, 0.05) is 18.7 Å². The van der Waals surface area contributed by atoms with Crippen molar-refractivity contribution in [2.75, 3.05) is 5.32 Å². The molecular weight excluding hydrogens is 230 g/mol. The summed E-state index contributed by atoms with van der Waals surface area (Å²) in [5.74, 6) is 0.245. The van der Waals surface area contributed by atoms with E-state index in [1.165, 1.54) is 0 Å². The summed E-state index contributed by atoms with van der Waals surface area (Å²) in [6.45, 7) is 0. The minimum atomic E-state index is -0.146. The van der Waals surface area contributed by atoms with Gasteiger partial charge in [-0.2, -0.15) is 0 Å². The maximum Gasteiger partial charge on any atom is 0.326 e. The molecule has 0 radical (unpaired) electrons. The molecule has 5 nitrogen and oxygen atoms in total. The molecule has 1 heterocycles. The van der Waals surface area contributed by atoms with E-state index in [1.807, 2.05) is 12.1 Å². The topological polar surface area (TPSA) is 66.9 Å². The molecule has 3 rings (SSSR count). The standard InChI is InChI=1S/C13H15N3O2/c1-16-11-6-5-9(7-10(11)15-13(16)18)14-12(17)8-3-2-4-8/h5-8H,2-4H2,1H3,(H,14,17)(H,15,18). The van der Waals surface area contributed by atoms with Gasteiger partial charge in [0.1, 0.15) is 0 Å². The van der Waals surface area contributed by atoms with E-state index < -0.39 is 0 Å². The lowest BCUT2D eigenvalue weighted by Gasteiger charge is -2.24. The van der Waals surface area contributed by atoms with E-state index in [-0.39, 0.29) is 17.5 Å². The number of aromatic nitrogens is 2. The van der Waals surface area contributed by atoms with E-state index in [0.717, 1.165) is 36.0 Å². The van der Waals surface area contributed by atoms with Crippen molar-refractivity contribution in [3.05, 3.63) is 28.7 Å². The number of aryl methyl sites for hydroxylation is 1. The number of carbonyl (C=O) groups excluding carboxylic acids is 1. The molecule has 0 atom stereocenters. The van der Waals surface area contributed by atoms with Crippen LogP contribution in [0.2, 0.25) is 0 Å². The highest BCUT2D eigenvalue weighted by molar-refractivity contribution is 5.94. The Bertz CT molecular complexity index is 664. The summed E-state index contributed by atoms with van der Waals surface area (Å²) < 4.78 is 1.55. The van der Waals surface area contributed by atoms with Crippen LogP contribution in [0.1, 0.15) is 19.3 Å². The van der Waals surface area contributed by atoms with Crippen LogP contribution in [0.5, 0.6) is 0 Å². The predicted molar refractivity (Wildman–Crippen MR) is 69.5 cm³/mol. The van der Waals surface area contributed by atoms with Crippen LogP contribution in [0.3, 0.4) is 0 Å². The maximum absolute atomic E-state index is 11.8. The predicted octanol–water partition coefficient (Wildman–Crippen LogP) is 1.61. The summed E-state index contributed by atoms with van der Waals surface area (Å²) in [4.78, 5) is 26.0. The number of nitrogens with one attached hydrogen (secondary N) is 2. The molecule has 0 saturated heterocycles. The van der Waals surface area contributed by atoms with Crippen LogP contribution < -0.4 is 11.0 Å². The SMILES string of the molecule is Cn1c(=O)[nH]c2cc(NC(=O)C3CCC3)ccc21. The fourth-order valence-corrected chi connectivity index (χ4v) is 2.23. The second-order valence-corrected chi connectivity index (χ2v) is 4.84. The lowest BCUT2D eigenvalue weighted by Crippen LogP contribution is -2.27. The average molecular weight is 245 g/mol. The number of rotatable bonds is 2. The van der Waals surface area contributed by atoms with Gasteiger partial charge >= 0.3 is 5.69 Å². The monoisotopic (exact) mass is 245 g/mol. The van der Waals surface area contributed by atoms with E-state index >= 15 is 0 Å². The number of nitrogens with zero attached hydrogens (tertiary/aromatic N) is 1. The molecule has 2 N–H and O–H groups in total. The number of benzene rings is 1. The molecule has 1 aliphatic rings. The first-order chi connectivity index (χ1) is 8.65. The van der Waals surface area contributed by atoms with Crippen LogP contribution in [0.15, 0.2) is 23.0 Å². The summed E-state index contributed by atoms with van der Waals surface area (Å²) in [6.07, 6.45) is 3.11. The minimum Gasteiger partial charge on any atom is -0.326 e. The van der Waals surface area contributed by atoms with E-state index in [1.54, 1.807) is 17.7 Å². The van der Waals surface area contributed by atoms with E-state index in [9.17, 15) is 9.59 Å². The van der Waals surface area contributed by atoms with Crippen molar-refractivity contribution in [3.8, 4) is 0 Å². The molecule has 1 saturated carbocycles. The molecule has 0 spiro atoms. The van der Waals surface area contributed by atoms with Gasteiger partial charge < -0.3 is 10.3 Å². The normalized spacial score (nSPS) is 15.6. The second kappa shape index (κ2) is 4.01. The quantitative estimate of drug-likeness (QED) is 0.844. The van der Waals surface area contributed by atoms with E-state index in [4.69, 9.17) is 0 Å². The van der Waals surface area contributed by atoms with Gasteiger partial charge in [0.15, 0.2) is 0 Å². The molecule has 1 aromatic carbocycles. The molecule has 18 heavy (non-hydrogen) atoms. The number of amides is 1. The zero-order chi connectivity index (χ0) is 12.7. The highest BCUT2D eigenvalue weighted by Crippen LogP contribution is 2.27. The van der Waals surface area contributed by atoms with Crippen molar-refractivity contribution in [2.24, 2.45) is 13.0 Å². The molecule has 1 aliphatic carbocycles. The lowest BCUT2D eigenvalue weighted by molar-refractivity contribution is -0.122. The maximum atomic E-state index is 11.8. The zero-order valence-electron chi connectivity index (χ0n) is 10.2. The highest BCUT2D eigenvalue weighted by Gasteiger charge is 2.25. The third kappa shape index (κ3) is 1.72. The molecule has 0 unspecified atom stereocenters. The Morgan fingerprint density at radius 2 is 2.22 bits per heavy atom. The number of hydrogen-bond acceptors (Lipinski definition) is 2. The summed E-state index contributed by atoms with van der Waals surface area (Å²) in [6, 6.07) is 5.46. The largest absolute Gasteiger partial charge is 0.326 e. The number of fused-ring (bicyclic) bond motifs is 1. The fraction of sp³-hybridized carbons (Fsp3) is 0.385. The van der Waals surface area contributed by atoms with Gasteiger partial charge in [-0.15, -0.1) is 0 Å². The Morgan fingerprint density at radius 1 is 1.44 bits per heavy atom. The first-order valence-electron chi connectivity index (χ1n) is 6.15. The van der Waals surface area contributed by atoms with Gasteiger partial charge in [0.05, 0.1) is 11.0 Å². The molecular formula is C13H15N3O2. The molecule has 2 aromatic rings. The Labute approximate surface area is 104 Å². The average Bonchev–Trinajstić information content (AvgIpc) is 2.52. The minimum absolute atomic E-state index is 0.0823. The Balaban J connectivity index is 1.88. The number of imidazole rings is 1. The van der Waals surface area contributed by atoms with Gasteiger partial charge in [-0.25, -0.2) is 4.79 Å². The van der Waals surface area contributed by atoms with E-state index in [2.05, 4.69) is 10.3 Å². The van der Waals surface area contributed by atoms with E-state index in [0.29, 0.717) is 0 Å². The first-order valence-corrected chi connectivity index (χ1v) is 6.15. The van der Waals surface area contributed by atoms with Gasteiger partial charge in [-0.05, 0) is 31.0 Å². The summed E-state index contributed by atoms with van der Waals surface area (Å²) >= 11 is 0. The van der Waals surface area contributed by atoms with Crippen LogP contribution in [-0.2, 0) is 11.8 Å². The molecule has 1 amide bonds. The van der Waals surface area contributed by atoms with Gasteiger partial charge in [0.2, 0.25) is 5.91 Å². The molecule has 5 heteroatoms. The number of H-pyrrole nitrogens is 1. The number of aromatic amines is 1. The van der Waals surface area contributed by atoms with Crippen LogP contribution >= 0.6 is 0 Å². The van der Waals surface area contributed by atoms with Crippen LogP contribution in [-0.4, -0.2) is 15.5 Å². The van der Waals surface area contributed by atoms with Crippen LogP contribution in [0.4, 0.5) is 5.69 Å². The number of carbonyl (C=O) groups is 1. The van der Waals surface area contributed by atoms with Crippen LogP contribution in [0.25, 0.3) is 11.0 Å². The fourth-order valence-electron chi connectivity index (χ4n) is 2.23. The summed E-state index contributed by atoms with van der Waals surface area (Å²) in [5.41, 5.74) is 2.17. The smallest absolute Gasteiger partial charge is 0.326 e. The van der Waals surface area contributed by atoms with Crippen molar-refractivity contribution >= 4 is 22.6 Å². The lowest BCUT2D eigenvalue weighted by atomic mass is 9.85. The van der Waals surface area contributed by atoms with Gasteiger partial charge in [0.25, 0.3) is 0 Å². The molecule has 1 aromatic heterocycles. The zero-order valence-corrected chi connectivity index (χ0v) is 10.2. The number of anilines is 1. The Morgan fingerprint density at radius 3 is 2.89 bits per heavy atom. The summed E-state index contributed by atoms with van der Waals surface area (Å²) in [7, 11) is 1.72. The third-order valence-electron chi connectivity index (χ3n) is 3.65. The van der Waals surface area contributed by atoms with Gasteiger partial charge in [-0.3, -0.25) is 9.36 Å². The van der Waals surface area contributed by atoms with Crippen molar-refractivity contribution in [1.82, 2.24) is 9.55 Å². The van der Waals surface area contributed by atoms with Gasteiger partial charge in [-0.1, -0.05) is 6.42 Å². The Kier molecular flexibility index (Phi) is 2.47. The van der Waals surface area contributed by atoms with Crippen molar-refractivity contribution in [1.29, 1.82) is 0 Å². The number of hydrogen-bond donors (Lipinski definition) is 2. The molecule has 0 aliphatic heterocycles. The first kappa shape index (κ1) is 11.1. The third-order valence-corrected chi connectivity index (χ3v) is 3.65. The molecule has 94 valence electrons. The highest BCUT2D eigenvalue weighted by atomic mass is 16.2. The van der Waals surface area contributed by atoms with Crippen molar-refractivity contribution < 1.29 is 4.79 Å². The van der Waals surface area contributed by atoms with Crippen LogP contribution in [0, 0.1) is 5.92 Å². The molecule has 0 bridgehead atoms. The second-order valence-electron chi connectivity index (χ2n) is 4.84.